The van der Waals surface area contributed by atoms with E-state index in [1.807, 2.05) is 61.5 Å². The van der Waals surface area contributed by atoms with E-state index in [1.165, 1.54) is 11.8 Å². The first-order valence-electron chi connectivity index (χ1n) is 9.45. The maximum Gasteiger partial charge on any atom is 0.240 e. The number of nitrogens with zero attached hydrogens (tertiary/aromatic N) is 1. The molecule has 0 unspecified atom stereocenters. The summed E-state index contributed by atoms with van der Waals surface area (Å²) in [4.78, 5) is 25.9. The van der Waals surface area contributed by atoms with E-state index >= 15 is 0 Å². The summed E-state index contributed by atoms with van der Waals surface area (Å²) in [6, 6.07) is 24.4. The Balaban J connectivity index is 1.62. The third kappa shape index (κ3) is 5.69. The average Bonchev–Trinajstić information content (AvgIpc) is 2.73. The van der Waals surface area contributed by atoms with Crippen LogP contribution in [0.4, 0.5) is 5.69 Å². The number of benzene rings is 3. The Hall–Kier alpha value is -3.60. The molecule has 5 heteroatoms. The van der Waals surface area contributed by atoms with Gasteiger partial charge in [-0.2, -0.15) is 0 Å². The van der Waals surface area contributed by atoms with Gasteiger partial charge < -0.3 is 15.0 Å². The predicted molar refractivity (Wildman–Crippen MR) is 114 cm³/mol. The van der Waals surface area contributed by atoms with Crippen LogP contribution < -0.4 is 15.0 Å². The molecular weight excluding hydrogens is 364 g/mol. The van der Waals surface area contributed by atoms with Gasteiger partial charge >= 0.3 is 0 Å². The highest BCUT2D eigenvalue weighted by atomic mass is 16.5. The number of rotatable bonds is 7. The summed E-state index contributed by atoms with van der Waals surface area (Å²) in [5.74, 6) is 0.979. The minimum absolute atomic E-state index is 0.0416. The summed E-state index contributed by atoms with van der Waals surface area (Å²) in [7, 11) is 0. The lowest BCUT2D eigenvalue weighted by atomic mass is 10.1. The Labute approximate surface area is 170 Å². The predicted octanol–water partition coefficient (Wildman–Crippen LogP) is 4.46. The van der Waals surface area contributed by atoms with Crippen LogP contribution in [0.25, 0.3) is 0 Å². The molecule has 1 N–H and O–H groups in total. The number of nitrogens with one attached hydrogen (secondary N) is 1. The summed E-state index contributed by atoms with van der Waals surface area (Å²) in [6.45, 7) is 3.84. The van der Waals surface area contributed by atoms with Gasteiger partial charge in [0, 0.05) is 19.2 Å². The standard InChI is InChI=1S/C24H24N2O3/c1-18-8-6-7-9-20(18)16-25-24(28)17-26(19(2)27)21-12-14-23(15-13-21)29-22-10-4-3-5-11-22/h3-15H,16-17H2,1-2H3,(H,25,28). The summed E-state index contributed by atoms with van der Waals surface area (Å²) < 4.78 is 5.77. The van der Waals surface area contributed by atoms with Crippen molar-refractivity contribution in [3.05, 3.63) is 90.0 Å². The SMILES string of the molecule is CC(=O)N(CC(=O)NCc1ccccc1C)c1ccc(Oc2ccccc2)cc1. The van der Waals surface area contributed by atoms with E-state index in [1.54, 1.807) is 24.3 Å². The molecule has 148 valence electrons. The van der Waals surface area contributed by atoms with Gasteiger partial charge in [0.1, 0.15) is 18.0 Å². The smallest absolute Gasteiger partial charge is 0.240 e. The third-order valence-electron chi connectivity index (χ3n) is 4.55. The van der Waals surface area contributed by atoms with Crippen molar-refractivity contribution in [2.75, 3.05) is 11.4 Å². The minimum Gasteiger partial charge on any atom is -0.457 e. The highest BCUT2D eigenvalue weighted by molar-refractivity contribution is 5.97. The summed E-state index contributed by atoms with van der Waals surface area (Å²) in [5.41, 5.74) is 2.81. The Bertz CT molecular complexity index is 969. The van der Waals surface area contributed by atoms with E-state index in [2.05, 4.69) is 5.32 Å². The largest absolute Gasteiger partial charge is 0.457 e. The van der Waals surface area contributed by atoms with Crippen LogP contribution in [0.2, 0.25) is 0 Å². The summed E-state index contributed by atoms with van der Waals surface area (Å²) in [6.07, 6.45) is 0. The molecule has 0 aliphatic rings. The fraction of sp³-hybridized carbons (Fsp3) is 0.167. The Morgan fingerprint density at radius 3 is 2.14 bits per heavy atom. The minimum atomic E-state index is -0.215. The molecule has 0 fully saturated rings. The van der Waals surface area contributed by atoms with Gasteiger partial charge in [0.2, 0.25) is 11.8 Å². The van der Waals surface area contributed by atoms with E-state index < -0.39 is 0 Å². The molecule has 5 nitrogen and oxygen atoms in total. The zero-order valence-electron chi connectivity index (χ0n) is 16.6. The van der Waals surface area contributed by atoms with Crippen molar-refractivity contribution < 1.29 is 14.3 Å². The second-order valence-electron chi connectivity index (χ2n) is 6.72. The average molecular weight is 388 g/mol. The zero-order chi connectivity index (χ0) is 20.6. The molecular formula is C24H24N2O3. The second kappa shape index (κ2) is 9.55. The van der Waals surface area contributed by atoms with Crippen molar-refractivity contribution in [2.24, 2.45) is 0 Å². The van der Waals surface area contributed by atoms with Crippen molar-refractivity contribution in [1.29, 1.82) is 0 Å². The van der Waals surface area contributed by atoms with E-state index in [4.69, 9.17) is 4.74 Å². The normalized spacial score (nSPS) is 10.3. The van der Waals surface area contributed by atoms with Gasteiger partial charge in [-0.3, -0.25) is 9.59 Å². The number of hydrogen-bond acceptors (Lipinski definition) is 3. The van der Waals surface area contributed by atoms with Gasteiger partial charge in [-0.05, 0) is 54.4 Å². The molecule has 0 aliphatic carbocycles. The van der Waals surface area contributed by atoms with E-state index in [0.717, 1.165) is 16.9 Å². The van der Waals surface area contributed by atoms with E-state index in [9.17, 15) is 9.59 Å². The molecule has 0 radical (unpaired) electrons. The summed E-state index contributed by atoms with van der Waals surface area (Å²) in [5, 5.41) is 2.88. The Morgan fingerprint density at radius 1 is 0.862 bits per heavy atom. The molecule has 0 aromatic heterocycles. The number of ether oxygens (including phenoxy) is 1. The molecule has 0 spiro atoms. The Morgan fingerprint density at radius 2 is 1.48 bits per heavy atom. The first kappa shape index (κ1) is 20.1. The van der Waals surface area contributed by atoms with Gasteiger partial charge in [0.05, 0.1) is 0 Å². The van der Waals surface area contributed by atoms with Crippen LogP contribution in [0.5, 0.6) is 11.5 Å². The molecule has 29 heavy (non-hydrogen) atoms. The maximum atomic E-state index is 12.4. The van der Waals surface area contributed by atoms with Gasteiger partial charge in [-0.25, -0.2) is 0 Å². The molecule has 3 rings (SSSR count). The van der Waals surface area contributed by atoms with Crippen molar-refractivity contribution in [2.45, 2.75) is 20.4 Å². The van der Waals surface area contributed by atoms with Crippen LogP contribution in [0, 0.1) is 6.92 Å². The lowest BCUT2D eigenvalue weighted by Crippen LogP contribution is -2.39. The zero-order valence-corrected chi connectivity index (χ0v) is 16.6. The van der Waals surface area contributed by atoms with E-state index in [-0.39, 0.29) is 18.4 Å². The fourth-order valence-corrected chi connectivity index (χ4v) is 2.90. The number of anilines is 1. The van der Waals surface area contributed by atoms with Crippen LogP contribution in [0.3, 0.4) is 0 Å². The van der Waals surface area contributed by atoms with Gasteiger partial charge in [-0.1, -0.05) is 42.5 Å². The lowest BCUT2D eigenvalue weighted by Gasteiger charge is -2.21. The van der Waals surface area contributed by atoms with Crippen LogP contribution >= 0.6 is 0 Å². The quantitative estimate of drug-likeness (QED) is 0.650. The fourth-order valence-electron chi connectivity index (χ4n) is 2.90. The van der Waals surface area contributed by atoms with Crippen molar-refractivity contribution in [1.82, 2.24) is 5.32 Å². The molecule has 0 atom stereocenters. The number of carbonyl (C=O) groups excluding carboxylic acids is 2. The highest BCUT2D eigenvalue weighted by Gasteiger charge is 2.16. The monoisotopic (exact) mass is 388 g/mol. The molecule has 0 aliphatic heterocycles. The lowest BCUT2D eigenvalue weighted by molar-refractivity contribution is -0.123. The number of para-hydroxylation sites is 1. The first-order valence-corrected chi connectivity index (χ1v) is 9.45. The molecule has 0 saturated heterocycles. The van der Waals surface area contributed by atoms with Crippen LogP contribution in [-0.2, 0) is 16.1 Å². The summed E-state index contributed by atoms with van der Waals surface area (Å²) >= 11 is 0. The maximum absolute atomic E-state index is 12.4. The second-order valence-corrected chi connectivity index (χ2v) is 6.72. The van der Waals surface area contributed by atoms with Gasteiger partial charge in [0.15, 0.2) is 0 Å². The first-order chi connectivity index (χ1) is 14.0. The molecule has 3 aromatic carbocycles. The third-order valence-corrected chi connectivity index (χ3v) is 4.55. The van der Waals surface area contributed by atoms with Crippen molar-refractivity contribution in [3.63, 3.8) is 0 Å². The van der Waals surface area contributed by atoms with Crippen molar-refractivity contribution >= 4 is 17.5 Å². The van der Waals surface area contributed by atoms with Crippen molar-refractivity contribution in [3.8, 4) is 11.5 Å². The molecule has 2 amide bonds. The number of carbonyl (C=O) groups is 2. The van der Waals surface area contributed by atoms with Gasteiger partial charge in [-0.15, -0.1) is 0 Å². The van der Waals surface area contributed by atoms with Crippen LogP contribution in [0.15, 0.2) is 78.9 Å². The van der Waals surface area contributed by atoms with E-state index in [0.29, 0.717) is 18.0 Å². The molecule has 3 aromatic rings. The molecule has 0 saturated carbocycles. The van der Waals surface area contributed by atoms with Crippen LogP contribution in [0.1, 0.15) is 18.1 Å². The number of aryl methyl sites for hydroxylation is 1. The van der Waals surface area contributed by atoms with Gasteiger partial charge in [0.25, 0.3) is 0 Å². The number of hydrogen-bond donors (Lipinski definition) is 1. The Kier molecular flexibility index (Phi) is 6.63. The number of amides is 2. The van der Waals surface area contributed by atoms with Crippen LogP contribution in [-0.4, -0.2) is 18.4 Å². The topological polar surface area (TPSA) is 58.6 Å². The molecule has 0 heterocycles. The molecule has 0 bridgehead atoms. The highest BCUT2D eigenvalue weighted by Crippen LogP contribution is 2.24.